The molecule has 0 aromatic carbocycles. The highest BCUT2D eigenvalue weighted by Gasteiger charge is 2.14. The first kappa shape index (κ1) is 11.5. The zero-order valence-electron chi connectivity index (χ0n) is 10.2. The number of hydrogen-bond acceptors (Lipinski definition) is 3. The lowest BCUT2D eigenvalue weighted by Crippen LogP contribution is -2.24. The largest absolute Gasteiger partial charge is 0.382 e. The van der Waals surface area contributed by atoms with Crippen molar-refractivity contribution in [2.75, 3.05) is 25.1 Å². The van der Waals surface area contributed by atoms with Gasteiger partial charge in [0.05, 0.1) is 18.0 Å². The Balaban J connectivity index is 1.87. The molecule has 16 heavy (non-hydrogen) atoms. The van der Waals surface area contributed by atoms with Crippen molar-refractivity contribution in [3.8, 4) is 0 Å². The minimum absolute atomic E-state index is 0.652. The molecular formula is C12H21N3O. The number of nitrogens with one attached hydrogen (secondary N) is 1. The molecule has 0 bridgehead atoms. The SMILES string of the molecule is CCc1nn(C)cc1NCC1CCCOC1. The molecule has 4 nitrogen and oxygen atoms in total. The van der Waals surface area contributed by atoms with E-state index in [1.165, 1.54) is 18.5 Å². The third-order valence-corrected chi connectivity index (χ3v) is 3.08. The van der Waals surface area contributed by atoms with E-state index in [1.54, 1.807) is 0 Å². The van der Waals surface area contributed by atoms with E-state index in [0.29, 0.717) is 5.92 Å². The fourth-order valence-electron chi connectivity index (χ4n) is 2.17. The Bertz CT molecular complexity index is 329. The first-order valence-electron chi connectivity index (χ1n) is 6.13. The van der Waals surface area contributed by atoms with Gasteiger partial charge in [0.1, 0.15) is 0 Å². The summed E-state index contributed by atoms with van der Waals surface area (Å²) in [5.74, 6) is 0.652. The van der Waals surface area contributed by atoms with Gasteiger partial charge in [-0.3, -0.25) is 4.68 Å². The first-order chi connectivity index (χ1) is 7.79. The summed E-state index contributed by atoms with van der Waals surface area (Å²) < 4.78 is 7.35. The van der Waals surface area contributed by atoms with Gasteiger partial charge < -0.3 is 10.1 Å². The Morgan fingerprint density at radius 3 is 3.19 bits per heavy atom. The van der Waals surface area contributed by atoms with Crippen LogP contribution in [0.3, 0.4) is 0 Å². The summed E-state index contributed by atoms with van der Waals surface area (Å²) in [6.07, 6.45) is 5.50. The van der Waals surface area contributed by atoms with Crippen LogP contribution in [0.25, 0.3) is 0 Å². The van der Waals surface area contributed by atoms with E-state index in [0.717, 1.165) is 31.9 Å². The second-order valence-corrected chi connectivity index (χ2v) is 4.48. The van der Waals surface area contributed by atoms with Crippen molar-refractivity contribution < 1.29 is 4.74 Å². The number of aromatic nitrogens is 2. The van der Waals surface area contributed by atoms with Gasteiger partial charge in [-0.15, -0.1) is 0 Å². The minimum Gasteiger partial charge on any atom is -0.382 e. The van der Waals surface area contributed by atoms with Crippen molar-refractivity contribution >= 4 is 5.69 Å². The lowest BCUT2D eigenvalue weighted by Gasteiger charge is -2.22. The molecule has 0 aliphatic carbocycles. The summed E-state index contributed by atoms with van der Waals surface area (Å²) in [6, 6.07) is 0. The van der Waals surface area contributed by atoms with Crippen LogP contribution in [0.2, 0.25) is 0 Å². The van der Waals surface area contributed by atoms with E-state index < -0.39 is 0 Å². The van der Waals surface area contributed by atoms with Crippen LogP contribution in [0.4, 0.5) is 5.69 Å². The van der Waals surface area contributed by atoms with Crippen LogP contribution in [-0.4, -0.2) is 29.5 Å². The number of aryl methyl sites for hydroxylation is 2. The summed E-state index contributed by atoms with van der Waals surface area (Å²) in [5.41, 5.74) is 2.33. The number of rotatable bonds is 4. The molecular weight excluding hydrogens is 202 g/mol. The van der Waals surface area contributed by atoms with Crippen LogP contribution in [0, 0.1) is 5.92 Å². The zero-order chi connectivity index (χ0) is 11.4. The number of ether oxygens (including phenoxy) is 1. The lowest BCUT2D eigenvalue weighted by atomic mass is 10.0. The molecule has 1 aromatic rings. The maximum absolute atomic E-state index is 5.47. The average Bonchev–Trinajstić information content (AvgIpc) is 2.68. The average molecular weight is 223 g/mol. The van der Waals surface area contributed by atoms with Gasteiger partial charge in [-0.25, -0.2) is 0 Å². The second-order valence-electron chi connectivity index (χ2n) is 4.48. The van der Waals surface area contributed by atoms with Gasteiger partial charge in [-0.1, -0.05) is 6.92 Å². The molecule has 0 radical (unpaired) electrons. The van der Waals surface area contributed by atoms with Crippen LogP contribution in [-0.2, 0) is 18.2 Å². The maximum Gasteiger partial charge on any atom is 0.0853 e. The van der Waals surface area contributed by atoms with Crippen LogP contribution < -0.4 is 5.32 Å². The molecule has 2 rings (SSSR count). The molecule has 0 amide bonds. The molecule has 1 fully saturated rings. The van der Waals surface area contributed by atoms with Gasteiger partial charge in [0, 0.05) is 26.4 Å². The molecule has 90 valence electrons. The Labute approximate surface area is 97.0 Å². The van der Waals surface area contributed by atoms with Crippen LogP contribution in [0.1, 0.15) is 25.5 Å². The maximum atomic E-state index is 5.47. The highest BCUT2D eigenvalue weighted by atomic mass is 16.5. The molecule has 1 aliphatic heterocycles. The van der Waals surface area contributed by atoms with Crippen molar-refractivity contribution in [1.29, 1.82) is 0 Å². The number of anilines is 1. The van der Waals surface area contributed by atoms with Gasteiger partial charge in [0.2, 0.25) is 0 Å². The predicted molar refractivity (Wildman–Crippen MR) is 64.6 cm³/mol. The van der Waals surface area contributed by atoms with E-state index in [1.807, 2.05) is 11.7 Å². The Hall–Kier alpha value is -1.03. The van der Waals surface area contributed by atoms with Crippen molar-refractivity contribution in [2.45, 2.75) is 26.2 Å². The Kier molecular flexibility index (Phi) is 3.83. The molecule has 1 N–H and O–H groups in total. The molecule has 1 unspecified atom stereocenters. The molecule has 0 spiro atoms. The van der Waals surface area contributed by atoms with Crippen molar-refractivity contribution in [1.82, 2.24) is 9.78 Å². The number of nitrogens with zero attached hydrogens (tertiary/aromatic N) is 2. The highest BCUT2D eigenvalue weighted by molar-refractivity contribution is 5.46. The topological polar surface area (TPSA) is 39.1 Å². The zero-order valence-corrected chi connectivity index (χ0v) is 10.2. The molecule has 2 heterocycles. The summed E-state index contributed by atoms with van der Waals surface area (Å²) in [7, 11) is 1.97. The summed E-state index contributed by atoms with van der Waals surface area (Å²) in [4.78, 5) is 0. The molecule has 0 saturated carbocycles. The number of hydrogen-bond donors (Lipinski definition) is 1. The third kappa shape index (κ3) is 2.76. The quantitative estimate of drug-likeness (QED) is 0.846. The summed E-state index contributed by atoms with van der Waals surface area (Å²) in [6.45, 7) is 4.97. The third-order valence-electron chi connectivity index (χ3n) is 3.08. The lowest BCUT2D eigenvalue weighted by molar-refractivity contribution is 0.0595. The fourth-order valence-corrected chi connectivity index (χ4v) is 2.17. The van der Waals surface area contributed by atoms with Crippen LogP contribution >= 0.6 is 0 Å². The van der Waals surface area contributed by atoms with Crippen LogP contribution in [0.15, 0.2) is 6.20 Å². The molecule has 1 aliphatic rings. The van der Waals surface area contributed by atoms with E-state index in [4.69, 9.17) is 4.74 Å². The Morgan fingerprint density at radius 1 is 1.62 bits per heavy atom. The highest BCUT2D eigenvalue weighted by Crippen LogP contribution is 2.17. The van der Waals surface area contributed by atoms with Crippen molar-refractivity contribution in [2.24, 2.45) is 13.0 Å². The Morgan fingerprint density at radius 2 is 2.50 bits per heavy atom. The van der Waals surface area contributed by atoms with Crippen LogP contribution in [0.5, 0.6) is 0 Å². The second kappa shape index (κ2) is 5.34. The summed E-state index contributed by atoms with van der Waals surface area (Å²) >= 11 is 0. The van der Waals surface area contributed by atoms with Gasteiger partial charge in [0.15, 0.2) is 0 Å². The monoisotopic (exact) mass is 223 g/mol. The van der Waals surface area contributed by atoms with Gasteiger partial charge in [0.25, 0.3) is 0 Å². The van der Waals surface area contributed by atoms with E-state index in [2.05, 4.69) is 23.5 Å². The smallest absolute Gasteiger partial charge is 0.0853 e. The normalized spacial score (nSPS) is 21.0. The van der Waals surface area contributed by atoms with E-state index in [9.17, 15) is 0 Å². The molecule has 1 atom stereocenters. The van der Waals surface area contributed by atoms with Gasteiger partial charge in [-0.2, -0.15) is 5.10 Å². The van der Waals surface area contributed by atoms with E-state index in [-0.39, 0.29) is 0 Å². The standard InChI is InChI=1S/C12H21N3O/c1-3-11-12(8-15(2)14-11)13-7-10-5-4-6-16-9-10/h8,10,13H,3-7,9H2,1-2H3. The van der Waals surface area contributed by atoms with E-state index >= 15 is 0 Å². The summed E-state index contributed by atoms with van der Waals surface area (Å²) in [5, 5.41) is 7.91. The van der Waals surface area contributed by atoms with Crippen molar-refractivity contribution in [3.63, 3.8) is 0 Å². The minimum atomic E-state index is 0.652. The molecule has 4 heteroatoms. The van der Waals surface area contributed by atoms with Crippen molar-refractivity contribution in [3.05, 3.63) is 11.9 Å². The molecule has 1 saturated heterocycles. The fraction of sp³-hybridized carbons (Fsp3) is 0.750. The molecule has 1 aromatic heterocycles. The van der Waals surface area contributed by atoms with Gasteiger partial charge in [-0.05, 0) is 25.2 Å². The van der Waals surface area contributed by atoms with Gasteiger partial charge >= 0.3 is 0 Å². The first-order valence-corrected chi connectivity index (χ1v) is 6.13. The predicted octanol–water partition coefficient (Wildman–Crippen LogP) is 1.82.